The molecule has 0 radical (unpaired) electrons. The minimum Gasteiger partial charge on any atom is -0.322 e. The third-order valence-electron chi connectivity index (χ3n) is 3.90. The normalized spacial score (nSPS) is 11.0. The SMILES string of the molecule is Cc1ccc(C(=O)Nc2ccc3c(c2)n(C)c(=O)n3C)c(Cl)c1. The van der Waals surface area contributed by atoms with E-state index < -0.39 is 0 Å². The molecule has 118 valence electrons. The topological polar surface area (TPSA) is 56.0 Å². The van der Waals surface area contributed by atoms with E-state index in [9.17, 15) is 9.59 Å². The molecule has 0 saturated carbocycles. The molecule has 1 heterocycles. The number of aryl methyl sites for hydroxylation is 3. The molecule has 0 unspecified atom stereocenters. The van der Waals surface area contributed by atoms with Gasteiger partial charge in [-0.1, -0.05) is 17.7 Å². The van der Waals surface area contributed by atoms with Crippen LogP contribution in [-0.2, 0) is 14.1 Å². The Morgan fingerprint density at radius 3 is 2.43 bits per heavy atom. The second kappa shape index (κ2) is 5.59. The molecule has 0 fully saturated rings. The second-order valence-corrected chi connectivity index (χ2v) is 5.95. The number of benzene rings is 2. The Hall–Kier alpha value is -2.53. The number of halogens is 1. The minimum absolute atomic E-state index is 0.106. The van der Waals surface area contributed by atoms with E-state index in [1.807, 2.05) is 19.1 Å². The molecule has 3 aromatic rings. The van der Waals surface area contributed by atoms with E-state index in [-0.39, 0.29) is 11.6 Å². The van der Waals surface area contributed by atoms with E-state index in [0.29, 0.717) is 16.3 Å². The number of amides is 1. The van der Waals surface area contributed by atoms with E-state index in [4.69, 9.17) is 11.6 Å². The number of anilines is 1. The monoisotopic (exact) mass is 329 g/mol. The summed E-state index contributed by atoms with van der Waals surface area (Å²) in [5.41, 5.74) is 3.48. The summed E-state index contributed by atoms with van der Waals surface area (Å²) in [6.45, 7) is 1.91. The molecule has 1 aromatic heterocycles. The smallest absolute Gasteiger partial charge is 0.322 e. The van der Waals surface area contributed by atoms with Crippen molar-refractivity contribution in [1.82, 2.24) is 9.13 Å². The van der Waals surface area contributed by atoms with Gasteiger partial charge in [-0.25, -0.2) is 4.79 Å². The largest absolute Gasteiger partial charge is 0.328 e. The molecule has 23 heavy (non-hydrogen) atoms. The van der Waals surface area contributed by atoms with Crippen molar-refractivity contribution in [2.24, 2.45) is 14.1 Å². The molecule has 1 amide bonds. The van der Waals surface area contributed by atoms with Gasteiger partial charge in [0.2, 0.25) is 0 Å². The average molecular weight is 330 g/mol. The van der Waals surface area contributed by atoms with Crippen LogP contribution in [0, 0.1) is 6.92 Å². The first kappa shape index (κ1) is 15.4. The molecule has 0 atom stereocenters. The Morgan fingerprint density at radius 1 is 1.04 bits per heavy atom. The zero-order chi connectivity index (χ0) is 16.7. The molecule has 0 saturated heterocycles. The number of carbonyl (C=O) groups excluding carboxylic acids is 1. The molecule has 3 rings (SSSR count). The van der Waals surface area contributed by atoms with Crippen LogP contribution < -0.4 is 11.0 Å². The maximum Gasteiger partial charge on any atom is 0.328 e. The maximum absolute atomic E-state index is 12.4. The van der Waals surface area contributed by atoms with Crippen molar-refractivity contribution in [2.45, 2.75) is 6.92 Å². The van der Waals surface area contributed by atoms with Gasteiger partial charge in [0.1, 0.15) is 0 Å². The number of fused-ring (bicyclic) bond motifs is 1. The lowest BCUT2D eigenvalue weighted by atomic mass is 10.1. The predicted molar refractivity (Wildman–Crippen MR) is 92.3 cm³/mol. The van der Waals surface area contributed by atoms with Gasteiger partial charge in [0.15, 0.2) is 0 Å². The number of nitrogens with zero attached hydrogens (tertiary/aromatic N) is 2. The lowest BCUT2D eigenvalue weighted by Gasteiger charge is -2.08. The van der Waals surface area contributed by atoms with Gasteiger partial charge in [0.25, 0.3) is 5.91 Å². The number of carbonyl (C=O) groups is 1. The molecule has 1 N–H and O–H groups in total. The number of nitrogens with one attached hydrogen (secondary N) is 1. The standard InChI is InChI=1S/C17H16ClN3O2/c1-10-4-6-12(13(18)8-10)16(22)19-11-5-7-14-15(9-11)21(3)17(23)20(14)2/h4-9H,1-3H3,(H,19,22). The highest BCUT2D eigenvalue weighted by Crippen LogP contribution is 2.21. The van der Waals surface area contributed by atoms with Gasteiger partial charge < -0.3 is 5.32 Å². The first-order valence-corrected chi connectivity index (χ1v) is 7.49. The molecule has 6 heteroatoms. The van der Waals surface area contributed by atoms with Crippen LogP contribution in [0.5, 0.6) is 0 Å². The van der Waals surface area contributed by atoms with Gasteiger partial charge in [-0.3, -0.25) is 13.9 Å². The fourth-order valence-electron chi connectivity index (χ4n) is 2.59. The Kier molecular flexibility index (Phi) is 3.74. The molecule has 0 aliphatic rings. The first-order valence-electron chi connectivity index (χ1n) is 7.11. The number of hydrogen-bond acceptors (Lipinski definition) is 2. The average Bonchev–Trinajstić information content (AvgIpc) is 2.72. The molecule has 5 nitrogen and oxygen atoms in total. The molecule has 0 aliphatic heterocycles. The van der Waals surface area contributed by atoms with E-state index in [2.05, 4.69) is 5.32 Å². The quantitative estimate of drug-likeness (QED) is 0.785. The summed E-state index contributed by atoms with van der Waals surface area (Å²) in [7, 11) is 3.42. The summed E-state index contributed by atoms with van der Waals surface area (Å²) in [6, 6.07) is 10.6. The summed E-state index contributed by atoms with van der Waals surface area (Å²) < 4.78 is 3.11. The maximum atomic E-state index is 12.4. The van der Waals surface area contributed by atoms with Crippen LogP contribution >= 0.6 is 11.6 Å². The summed E-state index contributed by atoms with van der Waals surface area (Å²) >= 11 is 6.13. The van der Waals surface area contributed by atoms with Gasteiger partial charge in [0.05, 0.1) is 21.6 Å². The van der Waals surface area contributed by atoms with Gasteiger partial charge in [-0.2, -0.15) is 0 Å². The van der Waals surface area contributed by atoms with Crippen molar-refractivity contribution in [3.05, 3.63) is 63.0 Å². The van der Waals surface area contributed by atoms with Gasteiger partial charge in [0, 0.05) is 19.8 Å². The Labute approximate surface area is 138 Å². The van der Waals surface area contributed by atoms with Crippen LogP contribution in [0.15, 0.2) is 41.2 Å². The molecule has 0 aliphatic carbocycles. The van der Waals surface area contributed by atoms with Crippen molar-refractivity contribution in [2.75, 3.05) is 5.32 Å². The van der Waals surface area contributed by atoms with E-state index in [0.717, 1.165) is 16.6 Å². The van der Waals surface area contributed by atoms with Gasteiger partial charge in [-0.05, 0) is 42.8 Å². The van der Waals surface area contributed by atoms with Crippen molar-refractivity contribution >= 4 is 34.2 Å². The van der Waals surface area contributed by atoms with Gasteiger partial charge in [-0.15, -0.1) is 0 Å². The lowest BCUT2D eigenvalue weighted by molar-refractivity contribution is 0.102. The van der Waals surface area contributed by atoms with Crippen LogP contribution in [0.4, 0.5) is 5.69 Å². The summed E-state index contributed by atoms with van der Waals surface area (Å²) in [5, 5.41) is 3.23. The van der Waals surface area contributed by atoms with Crippen LogP contribution in [-0.4, -0.2) is 15.0 Å². The second-order valence-electron chi connectivity index (χ2n) is 5.54. The Bertz CT molecular complexity index is 985. The molecular weight excluding hydrogens is 314 g/mol. The highest BCUT2D eigenvalue weighted by molar-refractivity contribution is 6.34. The third kappa shape index (κ3) is 2.64. The number of hydrogen-bond donors (Lipinski definition) is 1. The Balaban J connectivity index is 1.97. The summed E-state index contributed by atoms with van der Waals surface area (Å²) in [5.74, 6) is -0.282. The summed E-state index contributed by atoms with van der Waals surface area (Å²) in [6.07, 6.45) is 0. The molecule has 0 bridgehead atoms. The first-order chi connectivity index (χ1) is 10.9. The van der Waals surface area contributed by atoms with E-state index in [1.165, 1.54) is 0 Å². The van der Waals surface area contributed by atoms with Crippen molar-refractivity contribution in [3.8, 4) is 0 Å². The highest BCUT2D eigenvalue weighted by Gasteiger charge is 2.13. The van der Waals surface area contributed by atoms with Crippen LogP contribution in [0.2, 0.25) is 5.02 Å². The van der Waals surface area contributed by atoms with Crippen LogP contribution in [0.1, 0.15) is 15.9 Å². The number of rotatable bonds is 2. The molecule has 2 aromatic carbocycles. The van der Waals surface area contributed by atoms with Crippen LogP contribution in [0.25, 0.3) is 11.0 Å². The predicted octanol–water partition coefficient (Wildman–Crippen LogP) is 3.09. The Morgan fingerprint density at radius 2 is 1.74 bits per heavy atom. The van der Waals surface area contributed by atoms with E-state index in [1.54, 1.807) is 47.5 Å². The summed E-state index contributed by atoms with van der Waals surface area (Å²) in [4.78, 5) is 24.3. The van der Waals surface area contributed by atoms with Crippen LogP contribution in [0.3, 0.4) is 0 Å². The zero-order valence-electron chi connectivity index (χ0n) is 13.1. The molecular formula is C17H16ClN3O2. The van der Waals surface area contributed by atoms with Crippen molar-refractivity contribution < 1.29 is 4.79 Å². The highest BCUT2D eigenvalue weighted by atomic mass is 35.5. The fraction of sp³-hybridized carbons (Fsp3) is 0.176. The fourth-order valence-corrected chi connectivity index (χ4v) is 2.91. The van der Waals surface area contributed by atoms with Crippen molar-refractivity contribution in [1.29, 1.82) is 0 Å². The zero-order valence-corrected chi connectivity index (χ0v) is 13.8. The molecule has 0 spiro atoms. The third-order valence-corrected chi connectivity index (χ3v) is 4.21. The van der Waals surface area contributed by atoms with Crippen molar-refractivity contribution in [3.63, 3.8) is 0 Å². The van der Waals surface area contributed by atoms with E-state index >= 15 is 0 Å². The number of imidazole rings is 1. The number of aromatic nitrogens is 2. The van der Waals surface area contributed by atoms with Gasteiger partial charge >= 0.3 is 5.69 Å². The minimum atomic E-state index is -0.282. The lowest BCUT2D eigenvalue weighted by Crippen LogP contribution is -2.19.